The summed E-state index contributed by atoms with van der Waals surface area (Å²) in [5.74, 6) is 0.501. The Morgan fingerprint density at radius 2 is 2.17 bits per heavy atom. The number of para-hydroxylation sites is 1. The van der Waals surface area contributed by atoms with Crippen LogP contribution in [0.4, 0.5) is 5.82 Å². The minimum Gasteiger partial charge on any atom is -0.326 e. The Labute approximate surface area is 106 Å². The Morgan fingerprint density at radius 3 is 2.89 bits per heavy atom. The van der Waals surface area contributed by atoms with Crippen LogP contribution in [0.2, 0.25) is 0 Å². The summed E-state index contributed by atoms with van der Waals surface area (Å²) < 4.78 is 1.72. The number of hydrogen-bond acceptors (Lipinski definition) is 3. The topological polar surface area (TPSA) is 72.9 Å². The summed E-state index contributed by atoms with van der Waals surface area (Å²) in [5.41, 5.74) is 7.62. The fourth-order valence-corrected chi connectivity index (χ4v) is 1.66. The van der Waals surface area contributed by atoms with Gasteiger partial charge in [-0.1, -0.05) is 25.1 Å². The maximum absolute atomic E-state index is 11.3. The number of aromatic nitrogens is 2. The summed E-state index contributed by atoms with van der Waals surface area (Å²) in [6.45, 7) is 2.25. The Bertz CT molecular complexity index is 547. The molecule has 0 saturated heterocycles. The van der Waals surface area contributed by atoms with Gasteiger partial charge in [-0.25, -0.2) is 4.68 Å². The average Bonchev–Trinajstić information content (AvgIpc) is 2.86. The zero-order valence-electron chi connectivity index (χ0n) is 10.3. The highest BCUT2D eigenvalue weighted by molar-refractivity contribution is 5.89. The molecule has 1 aromatic heterocycles. The number of benzene rings is 1. The van der Waals surface area contributed by atoms with Crippen LogP contribution >= 0.6 is 0 Å². The predicted octanol–water partition coefficient (Wildman–Crippen LogP) is 1.68. The Balaban J connectivity index is 2.26. The first-order valence-corrected chi connectivity index (χ1v) is 5.88. The van der Waals surface area contributed by atoms with E-state index >= 15 is 0 Å². The molecule has 0 aliphatic rings. The highest BCUT2D eigenvalue weighted by Crippen LogP contribution is 2.15. The molecule has 18 heavy (non-hydrogen) atoms. The lowest BCUT2D eigenvalue weighted by molar-refractivity contribution is -0.115. The molecule has 0 unspecified atom stereocenters. The van der Waals surface area contributed by atoms with Crippen LogP contribution in [-0.4, -0.2) is 15.7 Å². The second kappa shape index (κ2) is 5.46. The standard InChI is InChI=1S/C13H16N4O/c1-2-13(18)15-12-7-8-17(16-12)11-6-4-3-5-10(11)9-14/h3-8H,2,9,14H2,1H3,(H,15,16,18). The van der Waals surface area contributed by atoms with Crippen LogP contribution in [0.15, 0.2) is 36.5 Å². The number of nitrogens with zero attached hydrogens (tertiary/aromatic N) is 2. The summed E-state index contributed by atoms with van der Waals surface area (Å²) in [6, 6.07) is 9.54. The van der Waals surface area contributed by atoms with Gasteiger partial charge in [0.25, 0.3) is 0 Å². The van der Waals surface area contributed by atoms with Gasteiger partial charge in [-0.05, 0) is 11.6 Å². The normalized spacial score (nSPS) is 10.3. The molecule has 1 heterocycles. The minimum absolute atomic E-state index is 0.0487. The summed E-state index contributed by atoms with van der Waals surface area (Å²) in [4.78, 5) is 11.3. The molecule has 5 nitrogen and oxygen atoms in total. The van der Waals surface area contributed by atoms with E-state index in [1.54, 1.807) is 23.9 Å². The van der Waals surface area contributed by atoms with Gasteiger partial charge < -0.3 is 11.1 Å². The number of rotatable bonds is 4. The van der Waals surface area contributed by atoms with Crippen LogP contribution in [0.25, 0.3) is 5.69 Å². The molecule has 94 valence electrons. The second-order valence-corrected chi connectivity index (χ2v) is 3.88. The van der Waals surface area contributed by atoms with Gasteiger partial charge >= 0.3 is 0 Å². The van der Waals surface area contributed by atoms with Crippen LogP contribution in [0.5, 0.6) is 0 Å². The second-order valence-electron chi connectivity index (χ2n) is 3.88. The number of amides is 1. The average molecular weight is 244 g/mol. The van der Waals surface area contributed by atoms with E-state index in [1.165, 1.54) is 0 Å². The number of anilines is 1. The van der Waals surface area contributed by atoms with Gasteiger partial charge in [0.05, 0.1) is 5.69 Å². The van der Waals surface area contributed by atoms with Crippen LogP contribution in [0.3, 0.4) is 0 Å². The largest absolute Gasteiger partial charge is 0.326 e. The molecule has 0 spiro atoms. The molecule has 2 aromatic rings. The van der Waals surface area contributed by atoms with E-state index in [4.69, 9.17) is 5.73 Å². The molecule has 0 fully saturated rings. The van der Waals surface area contributed by atoms with Crippen molar-refractivity contribution in [3.63, 3.8) is 0 Å². The quantitative estimate of drug-likeness (QED) is 0.859. The van der Waals surface area contributed by atoms with Gasteiger partial charge in [-0.15, -0.1) is 0 Å². The van der Waals surface area contributed by atoms with E-state index < -0.39 is 0 Å². The smallest absolute Gasteiger partial charge is 0.225 e. The van der Waals surface area contributed by atoms with Crippen molar-refractivity contribution in [3.05, 3.63) is 42.1 Å². The van der Waals surface area contributed by atoms with E-state index in [9.17, 15) is 4.79 Å². The number of carbonyl (C=O) groups is 1. The fraction of sp³-hybridized carbons (Fsp3) is 0.231. The van der Waals surface area contributed by atoms with Crippen molar-refractivity contribution in [2.24, 2.45) is 5.73 Å². The van der Waals surface area contributed by atoms with Crippen molar-refractivity contribution in [3.8, 4) is 5.69 Å². The van der Waals surface area contributed by atoms with Crippen molar-refractivity contribution in [1.82, 2.24) is 9.78 Å². The molecule has 1 aromatic carbocycles. The lowest BCUT2D eigenvalue weighted by Gasteiger charge is -2.07. The molecule has 0 saturated carbocycles. The zero-order chi connectivity index (χ0) is 13.0. The van der Waals surface area contributed by atoms with Gasteiger partial charge in [0, 0.05) is 25.2 Å². The number of hydrogen-bond donors (Lipinski definition) is 2. The zero-order valence-corrected chi connectivity index (χ0v) is 10.3. The number of nitrogens with one attached hydrogen (secondary N) is 1. The van der Waals surface area contributed by atoms with Crippen LogP contribution in [-0.2, 0) is 11.3 Å². The van der Waals surface area contributed by atoms with E-state index in [0.717, 1.165) is 11.3 Å². The third-order valence-corrected chi connectivity index (χ3v) is 2.64. The van der Waals surface area contributed by atoms with Crippen LogP contribution in [0, 0.1) is 0 Å². The van der Waals surface area contributed by atoms with Gasteiger partial charge in [0.1, 0.15) is 0 Å². The molecular weight excluding hydrogens is 228 g/mol. The third kappa shape index (κ3) is 2.57. The molecule has 2 rings (SSSR count). The fourth-order valence-electron chi connectivity index (χ4n) is 1.66. The Morgan fingerprint density at radius 1 is 1.39 bits per heavy atom. The predicted molar refractivity (Wildman–Crippen MR) is 70.4 cm³/mol. The van der Waals surface area contributed by atoms with Gasteiger partial charge in [-0.2, -0.15) is 5.10 Å². The lowest BCUT2D eigenvalue weighted by atomic mass is 10.2. The molecule has 0 atom stereocenters. The first-order chi connectivity index (χ1) is 8.74. The van der Waals surface area contributed by atoms with E-state index in [-0.39, 0.29) is 5.91 Å². The first kappa shape index (κ1) is 12.3. The molecule has 0 aliphatic carbocycles. The minimum atomic E-state index is -0.0487. The maximum Gasteiger partial charge on any atom is 0.225 e. The Kier molecular flexibility index (Phi) is 3.74. The molecular formula is C13H16N4O. The SMILES string of the molecule is CCC(=O)Nc1ccn(-c2ccccc2CN)n1. The summed E-state index contributed by atoms with van der Waals surface area (Å²) >= 11 is 0. The van der Waals surface area contributed by atoms with E-state index in [2.05, 4.69) is 10.4 Å². The highest BCUT2D eigenvalue weighted by Gasteiger charge is 2.06. The molecule has 3 N–H and O–H groups in total. The summed E-state index contributed by atoms with van der Waals surface area (Å²) in [6.07, 6.45) is 2.24. The highest BCUT2D eigenvalue weighted by atomic mass is 16.1. The van der Waals surface area contributed by atoms with Gasteiger partial charge in [0.2, 0.25) is 5.91 Å². The van der Waals surface area contributed by atoms with Crippen molar-refractivity contribution >= 4 is 11.7 Å². The summed E-state index contributed by atoms with van der Waals surface area (Å²) in [5, 5.41) is 7.02. The van der Waals surface area contributed by atoms with E-state index in [1.807, 2.05) is 24.3 Å². The molecule has 0 aliphatic heterocycles. The lowest BCUT2D eigenvalue weighted by Crippen LogP contribution is -2.10. The van der Waals surface area contributed by atoms with Crippen molar-refractivity contribution in [2.75, 3.05) is 5.32 Å². The van der Waals surface area contributed by atoms with Crippen LogP contribution < -0.4 is 11.1 Å². The molecule has 0 bridgehead atoms. The van der Waals surface area contributed by atoms with Crippen molar-refractivity contribution in [2.45, 2.75) is 19.9 Å². The maximum atomic E-state index is 11.3. The van der Waals surface area contributed by atoms with Gasteiger partial charge in [-0.3, -0.25) is 4.79 Å². The molecule has 0 radical (unpaired) electrons. The number of nitrogens with two attached hydrogens (primary N) is 1. The summed E-state index contributed by atoms with van der Waals surface area (Å²) in [7, 11) is 0. The first-order valence-electron chi connectivity index (χ1n) is 5.88. The monoisotopic (exact) mass is 244 g/mol. The van der Waals surface area contributed by atoms with Gasteiger partial charge in [0.15, 0.2) is 5.82 Å². The van der Waals surface area contributed by atoms with Crippen molar-refractivity contribution in [1.29, 1.82) is 0 Å². The van der Waals surface area contributed by atoms with E-state index in [0.29, 0.717) is 18.8 Å². The van der Waals surface area contributed by atoms with Crippen LogP contribution in [0.1, 0.15) is 18.9 Å². The Hall–Kier alpha value is -2.14. The third-order valence-electron chi connectivity index (χ3n) is 2.64. The van der Waals surface area contributed by atoms with Crippen molar-refractivity contribution < 1.29 is 4.79 Å². The number of carbonyl (C=O) groups excluding carboxylic acids is 1. The molecule has 1 amide bonds. The molecule has 5 heteroatoms.